The second-order valence-corrected chi connectivity index (χ2v) is 12.0. The third-order valence-corrected chi connectivity index (χ3v) is 9.80. The van der Waals surface area contributed by atoms with E-state index in [9.17, 15) is 4.79 Å². The van der Waals surface area contributed by atoms with Gasteiger partial charge in [-0.1, -0.05) is 46.0 Å². The minimum absolute atomic E-state index is 0.153. The third-order valence-electron chi connectivity index (χ3n) is 9.80. The van der Waals surface area contributed by atoms with Crippen molar-refractivity contribution < 1.29 is 9.53 Å². The van der Waals surface area contributed by atoms with E-state index in [1.807, 2.05) is 0 Å². The summed E-state index contributed by atoms with van der Waals surface area (Å²) in [5.41, 5.74) is 0. The van der Waals surface area contributed by atoms with Gasteiger partial charge in [0.15, 0.2) is 0 Å². The van der Waals surface area contributed by atoms with Gasteiger partial charge in [0.25, 0.3) is 0 Å². The molecule has 4 aliphatic carbocycles. The van der Waals surface area contributed by atoms with Crippen LogP contribution in [0.25, 0.3) is 0 Å². The first-order valence-electron chi connectivity index (χ1n) is 13.8. The Hall–Kier alpha value is -0.530. The first-order chi connectivity index (χ1) is 14.6. The molecule has 0 saturated heterocycles. The molecule has 2 heteroatoms. The van der Waals surface area contributed by atoms with Crippen molar-refractivity contribution in [3.05, 3.63) is 0 Å². The SMILES string of the molecule is CC1CCC(C2CCCC(OC(=O)C3CCC(C4CCC(C)CC4)CC3)CC2)CC1. The van der Waals surface area contributed by atoms with Crippen LogP contribution in [0.15, 0.2) is 0 Å². The number of ether oxygens (including phenoxy) is 1. The molecular formula is C28H48O2. The lowest BCUT2D eigenvalue weighted by Crippen LogP contribution is -2.30. The fourth-order valence-electron chi connectivity index (χ4n) is 7.49. The zero-order valence-electron chi connectivity index (χ0n) is 20.0. The van der Waals surface area contributed by atoms with Gasteiger partial charge in [0, 0.05) is 0 Å². The molecule has 2 nitrogen and oxygen atoms in total. The van der Waals surface area contributed by atoms with E-state index < -0.39 is 0 Å². The van der Waals surface area contributed by atoms with Crippen molar-refractivity contribution in [2.75, 3.05) is 0 Å². The number of hydrogen-bond donors (Lipinski definition) is 0. The van der Waals surface area contributed by atoms with Crippen LogP contribution >= 0.6 is 0 Å². The lowest BCUT2D eigenvalue weighted by atomic mass is 9.69. The van der Waals surface area contributed by atoms with Gasteiger partial charge in [-0.3, -0.25) is 4.79 Å². The van der Waals surface area contributed by atoms with E-state index in [0.717, 1.165) is 61.2 Å². The van der Waals surface area contributed by atoms with Crippen molar-refractivity contribution >= 4 is 5.97 Å². The first-order valence-corrected chi connectivity index (χ1v) is 13.8. The van der Waals surface area contributed by atoms with Crippen LogP contribution < -0.4 is 0 Å². The maximum absolute atomic E-state index is 12.9. The molecule has 0 radical (unpaired) electrons. The van der Waals surface area contributed by atoms with Gasteiger partial charge < -0.3 is 4.74 Å². The fraction of sp³-hybridized carbons (Fsp3) is 0.964. The molecule has 4 rings (SSSR count). The minimum atomic E-state index is 0.153. The Kier molecular flexibility index (Phi) is 8.20. The predicted octanol–water partition coefficient (Wildman–Crippen LogP) is 7.94. The average molecular weight is 417 g/mol. The summed E-state index contributed by atoms with van der Waals surface area (Å²) in [4.78, 5) is 12.9. The Labute approximate surface area is 186 Å². The molecule has 4 saturated carbocycles. The Balaban J connectivity index is 1.17. The molecule has 0 aromatic rings. The van der Waals surface area contributed by atoms with E-state index in [-0.39, 0.29) is 18.0 Å². The second-order valence-electron chi connectivity index (χ2n) is 12.0. The predicted molar refractivity (Wildman–Crippen MR) is 124 cm³/mol. The summed E-state index contributed by atoms with van der Waals surface area (Å²) in [7, 11) is 0. The molecule has 0 N–H and O–H groups in total. The molecule has 2 unspecified atom stereocenters. The molecule has 4 fully saturated rings. The summed E-state index contributed by atoms with van der Waals surface area (Å²) >= 11 is 0. The van der Waals surface area contributed by atoms with Crippen LogP contribution in [0.1, 0.15) is 123 Å². The van der Waals surface area contributed by atoms with Gasteiger partial charge in [-0.15, -0.1) is 0 Å². The second kappa shape index (κ2) is 10.9. The number of esters is 1. The maximum Gasteiger partial charge on any atom is 0.309 e. The normalized spacial score (nSPS) is 43.5. The van der Waals surface area contributed by atoms with Gasteiger partial charge in [-0.2, -0.15) is 0 Å². The lowest BCUT2D eigenvalue weighted by molar-refractivity contribution is -0.156. The zero-order chi connectivity index (χ0) is 20.9. The van der Waals surface area contributed by atoms with Crippen molar-refractivity contribution in [3.8, 4) is 0 Å². The van der Waals surface area contributed by atoms with Crippen LogP contribution in [0.4, 0.5) is 0 Å². The summed E-state index contributed by atoms with van der Waals surface area (Å²) in [5, 5.41) is 0. The van der Waals surface area contributed by atoms with Crippen molar-refractivity contribution in [1.29, 1.82) is 0 Å². The van der Waals surface area contributed by atoms with Crippen molar-refractivity contribution in [1.82, 2.24) is 0 Å². The summed E-state index contributed by atoms with van der Waals surface area (Å²) < 4.78 is 6.12. The summed E-state index contributed by atoms with van der Waals surface area (Å²) in [5.74, 6) is 5.91. The van der Waals surface area contributed by atoms with E-state index >= 15 is 0 Å². The van der Waals surface area contributed by atoms with Gasteiger partial charge in [-0.25, -0.2) is 0 Å². The van der Waals surface area contributed by atoms with E-state index in [0.29, 0.717) is 0 Å². The van der Waals surface area contributed by atoms with Crippen LogP contribution in [0.5, 0.6) is 0 Å². The monoisotopic (exact) mass is 416 g/mol. The fourth-order valence-corrected chi connectivity index (χ4v) is 7.49. The van der Waals surface area contributed by atoms with Gasteiger partial charge in [0.05, 0.1) is 5.92 Å². The molecule has 0 spiro atoms. The number of carbonyl (C=O) groups is 1. The molecule has 0 bridgehead atoms. The Morgan fingerprint density at radius 3 is 1.50 bits per heavy atom. The Bertz CT molecular complexity index is 519. The highest BCUT2D eigenvalue weighted by Gasteiger charge is 2.34. The quantitative estimate of drug-likeness (QED) is 0.343. The number of carbonyl (C=O) groups excluding carboxylic acids is 1. The van der Waals surface area contributed by atoms with Crippen molar-refractivity contribution in [3.63, 3.8) is 0 Å². The Morgan fingerprint density at radius 1 is 0.533 bits per heavy atom. The van der Waals surface area contributed by atoms with Crippen LogP contribution in [0.3, 0.4) is 0 Å². The van der Waals surface area contributed by atoms with Crippen LogP contribution in [0.2, 0.25) is 0 Å². The van der Waals surface area contributed by atoms with Crippen LogP contribution in [-0.4, -0.2) is 12.1 Å². The molecule has 0 aliphatic heterocycles. The maximum atomic E-state index is 12.9. The van der Waals surface area contributed by atoms with Crippen molar-refractivity contribution in [2.24, 2.45) is 41.4 Å². The minimum Gasteiger partial charge on any atom is -0.462 e. The molecular weight excluding hydrogens is 368 g/mol. The van der Waals surface area contributed by atoms with E-state index in [1.54, 1.807) is 0 Å². The van der Waals surface area contributed by atoms with Gasteiger partial charge in [0.1, 0.15) is 6.10 Å². The van der Waals surface area contributed by atoms with E-state index in [1.165, 1.54) is 83.5 Å². The molecule has 0 heterocycles. The first kappa shape index (κ1) is 22.7. The average Bonchev–Trinajstić information content (AvgIpc) is 3.00. The highest BCUT2D eigenvalue weighted by atomic mass is 16.5. The molecule has 0 aromatic carbocycles. The highest BCUT2D eigenvalue weighted by molar-refractivity contribution is 5.72. The zero-order valence-corrected chi connectivity index (χ0v) is 20.0. The third kappa shape index (κ3) is 6.04. The van der Waals surface area contributed by atoms with Crippen LogP contribution in [0, 0.1) is 41.4 Å². The van der Waals surface area contributed by atoms with Crippen molar-refractivity contribution in [2.45, 2.75) is 129 Å². The van der Waals surface area contributed by atoms with E-state index in [2.05, 4.69) is 13.8 Å². The summed E-state index contributed by atoms with van der Waals surface area (Å²) in [6.45, 7) is 4.83. The molecule has 4 aliphatic rings. The van der Waals surface area contributed by atoms with E-state index in [4.69, 9.17) is 4.74 Å². The molecule has 30 heavy (non-hydrogen) atoms. The Morgan fingerprint density at radius 2 is 0.967 bits per heavy atom. The topological polar surface area (TPSA) is 26.3 Å². The summed E-state index contributed by atoms with van der Waals surface area (Å²) in [6.07, 6.45) is 22.6. The van der Waals surface area contributed by atoms with Crippen LogP contribution in [-0.2, 0) is 9.53 Å². The summed E-state index contributed by atoms with van der Waals surface area (Å²) in [6, 6.07) is 0. The highest BCUT2D eigenvalue weighted by Crippen LogP contribution is 2.42. The smallest absolute Gasteiger partial charge is 0.309 e. The molecule has 0 aromatic heterocycles. The van der Waals surface area contributed by atoms with Gasteiger partial charge >= 0.3 is 5.97 Å². The number of rotatable bonds is 4. The molecule has 172 valence electrons. The van der Waals surface area contributed by atoms with Gasteiger partial charge in [0.2, 0.25) is 0 Å². The standard InChI is InChI=1S/C28H48O2/c1-20-6-10-23(11-7-20)22-4-3-5-27(19-18-22)30-28(29)26-16-14-25(15-17-26)24-12-8-21(2)9-13-24/h20-27H,3-19H2,1-2H3. The van der Waals surface area contributed by atoms with Gasteiger partial charge in [-0.05, 0) is 113 Å². The number of hydrogen-bond acceptors (Lipinski definition) is 2. The largest absolute Gasteiger partial charge is 0.462 e. The molecule has 0 amide bonds. The molecule has 2 atom stereocenters. The lowest BCUT2D eigenvalue weighted by Gasteiger charge is -2.37.